The van der Waals surface area contributed by atoms with Crippen LogP contribution in [0.1, 0.15) is 53.4 Å². The number of imidazole rings is 1. The Labute approximate surface area is 173 Å². The van der Waals surface area contributed by atoms with Crippen molar-refractivity contribution >= 4 is 29.1 Å². The van der Waals surface area contributed by atoms with E-state index in [1.807, 2.05) is 20.0 Å². The number of H-pyrrole nitrogens is 1. The third-order valence-corrected chi connectivity index (χ3v) is 5.86. The first-order valence-electron chi connectivity index (χ1n) is 9.30. The molecule has 1 aromatic carbocycles. The lowest BCUT2D eigenvalue weighted by Crippen LogP contribution is -2.30. The van der Waals surface area contributed by atoms with Gasteiger partial charge in [-0.2, -0.15) is 5.10 Å². The molecule has 1 aliphatic carbocycles. The average molecular weight is 418 g/mol. The number of hydrogen-bond donors (Lipinski definition) is 2. The Bertz CT molecular complexity index is 1040. The van der Waals surface area contributed by atoms with E-state index in [4.69, 9.17) is 23.2 Å². The second-order valence-corrected chi connectivity index (χ2v) is 7.93. The van der Waals surface area contributed by atoms with E-state index in [1.54, 1.807) is 23.0 Å². The van der Waals surface area contributed by atoms with Gasteiger partial charge >= 0.3 is 0 Å². The maximum atomic E-state index is 12.9. The van der Waals surface area contributed by atoms with Gasteiger partial charge in [-0.1, -0.05) is 29.3 Å². The molecule has 1 unspecified atom stereocenters. The number of amides is 1. The van der Waals surface area contributed by atoms with E-state index >= 15 is 0 Å². The Balaban J connectivity index is 1.52. The fraction of sp³-hybridized carbons (Fsp3) is 0.350. The lowest BCUT2D eigenvalue weighted by Gasteiger charge is -2.14. The van der Waals surface area contributed by atoms with Crippen LogP contribution in [-0.2, 0) is 19.9 Å². The van der Waals surface area contributed by atoms with Crippen LogP contribution in [0.5, 0.6) is 0 Å². The Hall–Kier alpha value is -2.31. The number of hydrogen-bond acceptors (Lipinski definition) is 3. The normalized spacial score (nSPS) is 14.6. The Morgan fingerprint density at radius 3 is 2.82 bits per heavy atom. The Morgan fingerprint density at radius 1 is 1.25 bits per heavy atom. The molecule has 28 heavy (non-hydrogen) atoms. The van der Waals surface area contributed by atoms with Crippen LogP contribution in [0.2, 0.25) is 10.0 Å². The maximum absolute atomic E-state index is 12.9. The second-order valence-electron chi connectivity index (χ2n) is 7.11. The molecule has 0 radical (unpaired) electrons. The quantitative estimate of drug-likeness (QED) is 0.656. The highest BCUT2D eigenvalue weighted by molar-refractivity contribution is 6.42. The number of carbonyl (C=O) groups excluding carboxylic acids is 1. The molecule has 1 atom stereocenters. The van der Waals surface area contributed by atoms with E-state index in [0.717, 1.165) is 48.2 Å². The van der Waals surface area contributed by atoms with Crippen molar-refractivity contribution in [3.8, 4) is 11.3 Å². The van der Waals surface area contributed by atoms with E-state index < -0.39 is 0 Å². The molecule has 6 nitrogen and oxygen atoms in total. The van der Waals surface area contributed by atoms with Gasteiger partial charge in [-0.15, -0.1) is 0 Å². The molecular weight excluding hydrogens is 397 g/mol. The van der Waals surface area contributed by atoms with Gasteiger partial charge in [-0.3, -0.25) is 9.48 Å². The van der Waals surface area contributed by atoms with E-state index in [0.29, 0.717) is 21.6 Å². The number of benzene rings is 1. The summed E-state index contributed by atoms with van der Waals surface area (Å²) in [5, 5.41) is 8.54. The SMILES string of the molecule is CC(NC(=O)c1c2c(nn1C)CCCC2)c1ncc(-c2ccc(Cl)c(Cl)c2)[nH]1. The summed E-state index contributed by atoms with van der Waals surface area (Å²) in [6.07, 6.45) is 5.80. The summed E-state index contributed by atoms with van der Waals surface area (Å²) in [4.78, 5) is 20.6. The molecular formula is C20H21Cl2N5O. The summed E-state index contributed by atoms with van der Waals surface area (Å²) in [5.41, 5.74) is 4.47. The molecule has 146 valence electrons. The van der Waals surface area contributed by atoms with Crippen LogP contribution in [-0.4, -0.2) is 25.7 Å². The summed E-state index contributed by atoms with van der Waals surface area (Å²) in [6.45, 7) is 1.90. The minimum atomic E-state index is -0.279. The molecule has 2 N–H and O–H groups in total. The smallest absolute Gasteiger partial charge is 0.270 e. The van der Waals surface area contributed by atoms with Crippen LogP contribution in [0.25, 0.3) is 11.3 Å². The first-order valence-corrected chi connectivity index (χ1v) is 10.1. The van der Waals surface area contributed by atoms with Gasteiger partial charge in [0.05, 0.1) is 33.7 Å². The standard InChI is InChI=1S/C20H21Cl2N5O/c1-11(19-23-10-17(25-19)12-7-8-14(21)15(22)9-12)24-20(28)18-13-5-3-4-6-16(13)26-27(18)2/h7-11H,3-6H2,1-2H3,(H,23,25)(H,24,28). The molecule has 0 aliphatic heterocycles. The van der Waals surface area contributed by atoms with Gasteiger partial charge < -0.3 is 10.3 Å². The van der Waals surface area contributed by atoms with Gasteiger partial charge in [0.15, 0.2) is 0 Å². The maximum Gasteiger partial charge on any atom is 0.270 e. The highest BCUT2D eigenvalue weighted by Gasteiger charge is 2.25. The lowest BCUT2D eigenvalue weighted by atomic mass is 9.95. The van der Waals surface area contributed by atoms with Gasteiger partial charge in [0.2, 0.25) is 0 Å². The first-order chi connectivity index (χ1) is 13.4. The number of halogens is 2. The monoisotopic (exact) mass is 417 g/mol. The summed E-state index contributed by atoms with van der Waals surface area (Å²) < 4.78 is 1.70. The van der Waals surface area contributed by atoms with Crippen LogP contribution in [0.3, 0.4) is 0 Å². The predicted molar refractivity (Wildman–Crippen MR) is 110 cm³/mol. The lowest BCUT2D eigenvalue weighted by molar-refractivity contribution is 0.0928. The van der Waals surface area contributed by atoms with Crippen molar-refractivity contribution in [1.82, 2.24) is 25.1 Å². The van der Waals surface area contributed by atoms with Crippen molar-refractivity contribution in [1.29, 1.82) is 0 Å². The van der Waals surface area contributed by atoms with Crippen molar-refractivity contribution in [2.45, 2.75) is 38.6 Å². The number of aryl methyl sites for hydroxylation is 2. The average Bonchev–Trinajstić information content (AvgIpc) is 3.28. The van der Waals surface area contributed by atoms with Gasteiger partial charge in [0.25, 0.3) is 5.91 Å². The van der Waals surface area contributed by atoms with Crippen molar-refractivity contribution < 1.29 is 4.79 Å². The van der Waals surface area contributed by atoms with E-state index in [1.165, 1.54) is 0 Å². The van der Waals surface area contributed by atoms with Crippen LogP contribution < -0.4 is 5.32 Å². The zero-order valence-corrected chi connectivity index (χ0v) is 17.2. The largest absolute Gasteiger partial charge is 0.341 e. The molecule has 0 spiro atoms. The molecule has 8 heteroatoms. The zero-order valence-electron chi connectivity index (χ0n) is 15.7. The summed E-state index contributed by atoms with van der Waals surface area (Å²) in [7, 11) is 1.83. The van der Waals surface area contributed by atoms with Gasteiger partial charge in [-0.25, -0.2) is 4.98 Å². The van der Waals surface area contributed by atoms with E-state index in [9.17, 15) is 4.79 Å². The zero-order chi connectivity index (χ0) is 19.8. The van der Waals surface area contributed by atoms with Crippen LogP contribution in [0.4, 0.5) is 0 Å². The number of fused-ring (bicyclic) bond motifs is 1. The molecule has 0 fully saturated rings. The molecule has 0 saturated heterocycles. The van der Waals surface area contributed by atoms with Gasteiger partial charge in [0.1, 0.15) is 11.5 Å². The van der Waals surface area contributed by atoms with E-state index in [-0.39, 0.29) is 11.9 Å². The fourth-order valence-electron chi connectivity index (χ4n) is 3.67. The van der Waals surface area contributed by atoms with Crippen molar-refractivity contribution in [3.05, 3.63) is 57.2 Å². The first kappa shape index (κ1) is 19.0. The van der Waals surface area contributed by atoms with Gasteiger partial charge in [0, 0.05) is 18.2 Å². The molecule has 4 rings (SSSR count). The summed E-state index contributed by atoms with van der Waals surface area (Å²) >= 11 is 12.1. The molecule has 1 amide bonds. The van der Waals surface area contributed by atoms with Crippen LogP contribution >= 0.6 is 23.2 Å². The molecule has 2 aromatic heterocycles. The van der Waals surface area contributed by atoms with Crippen molar-refractivity contribution in [2.24, 2.45) is 7.05 Å². The molecule has 3 aromatic rings. The van der Waals surface area contributed by atoms with Crippen molar-refractivity contribution in [2.75, 3.05) is 0 Å². The number of nitrogens with one attached hydrogen (secondary N) is 2. The minimum Gasteiger partial charge on any atom is -0.341 e. The minimum absolute atomic E-state index is 0.127. The Morgan fingerprint density at radius 2 is 2.04 bits per heavy atom. The number of rotatable bonds is 4. The van der Waals surface area contributed by atoms with Crippen molar-refractivity contribution in [3.63, 3.8) is 0 Å². The van der Waals surface area contributed by atoms with Gasteiger partial charge in [-0.05, 0) is 44.7 Å². The number of nitrogens with zero attached hydrogens (tertiary/aromatic N) is 3. The number of aromatic amines is 1. The van der Waals surface area contributed by atoms with Crippen LogP contribution in [0.15, 0.2) is 24.4 Å². The fourth-order valence-corrected chi connectivity index (χ4v) is 3.96. The number of carbonyl (C=O) groups is 1. The summed E-state index contributed by atoms with van der Waals surface area (Å²) in [6, 6.07) is 5.12. The highest BCUT2D eigenvalue weighted by atomic mass is 35.5. The number of aromatic nitrogens is 4. The molecule has 1 aliphatic rings. The third kappa shape index (κ3) is 3.54. The topological polar surface area (TPSA) is 75.6 Å². The van der Waals surface area contributed by atoms with Crippen LogP contribution in [0, 0.1) is 0 Å². The van der Waals surface area contributed by atoms with E-state index in [2.05, 4.69) is 20.4 Å². The molecule has 0 saturated carbocycles. The third-order valence-electron chi connectivity index (χ3n) is 5.12. The Kier molecular flexibility index (Phi) is 5.17. The molecule has 0 bridgehead atoms. The molecule has 2 heterocycles. The summed E-state index contributed by atoms with van der Waals surface area (Å²) in [5.74, 6) is 0.545. The predicted octanol–water partition coefficient (Wildman–Crippen LogP) is 4.49. The second kappa shape index (κ2) is 7.60. The highest BCUT2D eigenvalue weighted by Crippen LogP contribution is 2.28.